The summed E-state index contributed by atoms with van der Waals surface area (Å²) >= 11 is 6.01. The van der Waals surface area contributed by atoms with Crippen LogP contribution < -0.4 is 10.1 Å². The number of aromatic nitrogens is 3. The second-order valence-corrected chi connectivity index (χ2v) is 6.05. The summed E-state index contributed by atoms with van der Waals surface area (Å²) in [6, 6.07) is 7.19. The molecule has 124 valence electrons. The second-order valence-electron chi connectivity index (χ2n) is 5.64. The van der Waals surface area contributed by atoms with Crippen LogP contribution in [0.4, 0.5) is 0 Å². The predicted molar refractivity (Wildman–Crippen MR) is 86.7 cm³/mol. The molecule has 3 rings (SSSR count). The number of amides is 1. The Hall–Kier alpha value is -2.59. The van der Waals surface area contributed by atoms with Crippen LogP contribution >= 0.6 is 11.6 Å². The molecule has 7 nitrogen and oxygen atoms in total. The Morgan fingerprint density at radius 3 is 2.79 bits per heavy atom. The van der Waals surface area contributed by atoms with Crippen LogP contribution in [0.5, 0.6) is 5.75 Å². The standard InChI is InChI=1S/C16H16ClN5O2/c17-14-7-13(4-1-10(14)8-18)24-12-5-2-11(3-6-12)21-16(23)15-19-9-20-22-15/h1,4,7,9,11-12H,2-3,5-6H2,(H,21,23)(H,19,20,22)/t11-,12-. The highest BCUT2D eigenvalue weighted by Gasteiger charge is 2.25. The molecular formula is C16H16ClN5O2. The van der Waals surface area contributed by atoms with E-state index in [1.165, 1.54) is 6.33 Å². The zero-order valence-electron chi connectivity index (χ0n) is 12.8. The molecule has 0 atom stereocenters. The molecule has 0 spiro atoms. The van der Waals surface area contributed by atoms with E-state index in [-0.39, 0.29) is 23.9 Å². The summed E-state index contributed by atoms with van der Waals surface area (Å²) in [5.74, 6) is 0.548. The smallest absolute Gasteiger partial charge is 0.291 e. The third kappa shape index (κ3) is 3.84. The van der Waals surface area contributed by atoms with Crippen molar-refractivity contribution < 1.29 is 9.53 Å². The van der Waals surface area contributed by atoms with Gasteiger partial charge in [-0.15, -0.1) is 5.10 Å². The van der Waals surface area contributed by atoms with E-state index in [2.05, 4.69) is 20.5 Å². The number of benzene rings is 1. The highest BCUT2D eigenvalue weighted by atomic mass is 35.5. The van der Waals surface area contributed by atoms with E-state index < -0.39 is 0 Å². The van der Waals surface area contributed by atoms with Crippen molar-refractivity contribution in [3.63, 3.8) is 0 Å². The molecule has 1 amide bonds. The molecule has 1 aliphatic rings. The van der Waals surface area contributed by atoms with Crippen LogP contribution in [-0.2, 0) is 0 Å². The Bertz CT molecular complexity index is 748. The monoisotopic (exact) mass is 345 g/mol. The summed E-state index contributed by atoms with van der Waals surface area (Å²) in [5, 5.41) is 18.5. The first-order valence-electron chi connectivity index (χ1n) is 7.68. The minimum atomic E-state index is -0.264. The molecule has 0 unspecified atom stereocenters. The number of aromatic amines is 1. The van der Waals surface area contributed by atoms with E-state index in [1.54, 1.807) is 18.2 Å². The first-order valence-corrected chi connectivity index (χ1v) is 8.06. The van der Waals surface area contributed by atoms with Gasteiger partial charge in [0.15, 0.2) is 0 Å². The fourth-order valence-corrected chi connectivity index (χ4v) is 2.96. The lowest BCUT2D eigenvalue weighted by Gasteiger charge is -2.29. The van der Waals surface area contributed by atoms with Gasteiger partial charge >= 0.3 is 0 Å². The van der Waals surface area contributed by atoms with Gasteiger partial charge in [0, 0.05) is 12.1 Å². The van der Waals surface area contributed by atoms with E-state index in [0.29, 0.717) is 16.3 Å². The number of carbonyl (C=O) groups excluding carboxylic acids is 1. The Kier molecular flexibility index (Phi) is 4.96. The average molecular weight is 346 g/mol. The van der Waals surface area contributed by atoms with Crippen molar-refractivity contribution in [3.8, 4) is 11.8 Å². The van der Waals surface area contributed by atoms with Crippen molar-refractivity contribution in [3.05, 3.63) is 40.9 Å². The van der Waals surface area contributed by atoms with Gasteiger partial charge in [0.1, 0.15) is 18.1 Å². The minimum Gasteiger partial charge on any atom is -0.490 e. The van der Waals surface area contributed by atoms with E-state index in [9.17, 15) is 4.79 Å². The molecule has 1 heterocycles. The number of nitriles is 1. The molecule has 2 aromatic rings. The van der Waals surface area contributed by atoms with E-state index in [0.717, 1.165) is 25.7 Å². The van der Waals surface area contributed by atoms with Crippen molar-refractivity contribution in [2.45, 2.75) is 37.8 Å². The number of rotatable bonds is 4. The summed E-state index contributed by atoms with van der Waals surface area (Å²) in [6.45, 7) is 0. The number of H-pyrrole nitrogens is 1. The van der Waals surface area contributed by atoms with Crippen molar-refractivity contribution in [2.75, 3.05) is 0 Å². The summed E-state index contributed by atoms with van der Waals surface area (Å²) in [7, 11) is 0. The Morgan fingerprint density at radius 2 is 2.17 bits per heavy atom. The Morgan fingerprint density at radius 1 is 1.38 bits per heavy atom. The van der Waals surface area contributed by atoms with Crippen LogP contribution in [0.3, 0.4) is 0 Å². The molecule has 0 aliphatic heterocycles. The quantitative estimate of drug-likeness (QED) is 0.885. The van der Waals surface area contributed by atoms with Crippen LogP contribution in [0.2, 0.25) is 5.02 Å². The van der Waals surface area contributed by atoms with Crippen molar-refractivity contribution in [1.82, 2.24) is 20.5 Å². The molecule has 8 heteroatoms. The van der Waals surface area contributed by atoms with Crippen molar-refractivity contribution in [2.24, 2.45) is 0 Å². The van der Waals surface area contributed by atoms with Gasteiger partial charge in [-0.1, -0.05) is 11.6 Å². The molecule has 1 aromatic heterocycles. The Labute approximate surface area is 144 Å². The summed E-state index contributed by atoms with van der Waals surface area (Å²) in [5.41, 5.74) is 0.433. The van der Waals surface area contributed by atoms with Crippen LogP contribution in [0, 0.1) is 11.3 Å². The normalized spacial score (nSPS) is 20.2. The zero-order chi connectivity index (χ0) is 16.9. The fourth-order valence-electron chi connectivity index (χ4n) is 2.75. The summed E-state index contributed by atoms with van der Waals surface area (Å²) in [4.78, 5) is 15.8. The van der Waals surface area contributed by atoms with Gasteiger partial charge in [-0.2, -0.15) is 5.26 Å². The molecule has 0 radical (unpaired) electrons. The number of hydrogen-bond acceptors (Lipinski definition) is 5. The molecule has 2 N–H and O–H groups in total. The predicted octanol–water partition coefficient (Wildman–Crippen LogP) is 2.45. The average Bonchev–Trinajstić information content (AvgIpc) is 3.11. The van der Waals surface area contributed by atoms with E-state index in [1.807, 2.05) is 6.07 Å². The number of nitrogens with one attached hydrogen (secondary N) is 2. The van der Waals surface area contributed by atoms with E-state index in [4.69, 9.17) is 21.6 Å². The number of nitrogens with zero attached hydrogens (tertiary/aromatic N) is 3. The maximum absolute atomic E-state index is 11.9. The zero-order valence-corrected chi connectivity index (χ0v) is 13.6. The third-order valence-corrected chi connectivity index (χ3v) is 4.30. The molecule has 1 aliphatic carbocycles. The van der Waals surface area contributed by atoms with Crippen molar-refractivity contribution >= 4 is 17.5 Å². The van der Waals surface area contributed by atoms with Crippen molar-refractivity contribution in [1.29, 1.82) is 5.26 Å². The fraction of sp³-hybridized carbons (Fsp3) is 0.375. The van der Waals surface area contributed by atoms with E-state index >= 15 is 0 Å². The van der Waals surface area contributed by atoms with Gasteiger partial charge < -0.3 is 10.1 Å². The third-order valence-electron chi connectivity index (χ3n) is 3.99. The molecular weight excluding hydrogens is 330 g/mol. The number of carbonyl (C=O) groups is 1. The van der Waals surface area contributed by atoms with Gasteiger partial charge in [-0.25, -0.2) is 4.98 Å². The van der Waals surface area contributed by atoms with Crippen LogP contribution in [-0.4, -0.2) is 33.2 Å². The lowest BCUT2D eigenvalue weighted by Crippen LogP contribution is -2.40. The maximum Gasteiger partial charge on any atom is 0.291 e. The number of hydrogen-bond donors (Lipinski definition) is 2. The topological polar surface area (TPSA) is 104 Å². The highest BCUT2D eigenvalue weighted by Crippen LogP contribution is 2.27. The Balaban J connectivity index is 1.49. The lowest BCUT2D eigenvalue weighted by molar-refractivity contribution is 0.0884. The highest BCUT2D eigenvalue weighted by molar-refractivity contribution is 6.31. The van der Waals surface area contributed by atoms with Crippen LogP contribution in [0.15, 0.2) is 24.5 Å². The molecule has 1 fully saturated rings. The number of halogens is 1. The number of ether oxygens (including phenoxy) is 1. The van der Waals surface area contributed by atoms with Crippen LogP contribution in [0.1, 0.15) is 41.9 Å². The maximum atomic E-state index is 11.9. The lowest BCUT2D eigenvalue weighted by atomic mass is 9.93. The first kappa shape index (κ1) is 16.3. The van der Waals surface area contributed by atoms with Crippen LogP contribution in [0.25, 0.3) is 0 Å². The molecule has 24 heavy (non-hydrogen) atoms. The van der Waals surface area contributed by atoms with Gasteiger partial charge in [0.25, 0.3) is 5.91 Å². The minimum absolute atomic E-state index is 0.0747. The second kappa shape index (κ2) is 7.32. The molecule has 0 bridgehead atoms. The van der Waals surface area contributed by atoms with Gasteiger partial charge in [0.05, 0.1) is 16.7 Å². The summed E-state index contributed by atoms with van der Waals surface area (Å²) in [6.07, 6.45) is 4.76. The molecule has 1 saturated carbocycles. The van der Waals surface area contributed by atoms with Gasteiger partial charge in [-0.05, 0) is 37.8 Å². The first-order chi connectivity index (χ1) is 11.7. The van der Waals surface area contributed by atoms with Gasteiger partial charge in [-0.3, -0.25) is 9.89 Å². The summed E-state index contributed by atoms with van der Waals surface area (Å²) < 4.78 is 5.92. The molecule has 1 aromatic carbocycles. The molecule has 0 saturated heterocycles. The van der Waals surface area contributed by atoms with Gasteiger partial charge in [0.2, 0.25) is 5.82 Å². The SMILES string of the molecule is N#Cc1ccc(O[C@H]2CC[C@H](NC(=O)c3nc[nH]n3)CC2)cc1Cl. The largest absolute Gasteiger partial charge is 0.490 e.